The highest BCUT2D eigenvalue weighted by Gasteiger charge is 2.18. The molecule has 2 aromatic carbocycles. The van der Waals surface area contributed by atoms with E-state index >= 15 is 0 Å². The number of hydrogen-bond acceptors (Lipinski definition) is 7. The van der Waals surface area contributed by atoms with Crippen LogP contribution in [0.15, 0.2) is 41.5 Å². The number of ether oxygens (including phenoxy) is 2. The molecule has 0 saturated heterocycles. The summed E-state index contributed by atoms with van der Waals surface area (Å²) in [7, 11) is 0. The Bertz CT molecular complexity index is 1250. The molecular formula is C23H20Cl2N4O3S. The second kappa shape index (κ2) is 11.1. The molecule has 3 rings (SSSR count). The number of carbonyl (C=O) groups excluding carboxylic acids is 1. The van der Waals surface area contributed by atoms with E-state index in [2.05, 4.69) is 10.5 Å². The SMILES string of the molecule is CCOc1cc(/C=N\NC(=O)c2sc(N)c(C#N)c2C)ccc1OCc1ccc(Cl)cc1Cl. The summed E-state index contributed by atoms with van der Waals surface area (Å²) < 4.78 is 11.6. The van der Waals surface area contributed by atoms with E-state index in [1.165, 1.54) is 6.21 Å². The van der Waals surface area contributed by atoms with Gasteiger partial charge in [-0.15, -0.1) is 11.3 Å². The maximum Gasteiger partial charge on any atom is 0.281 e. The first kappa shape index (κ1) is 24.4. The lowest BCUT2D eigenvalue weighted by atomic mass is 10.2. The summed E-state index contributed by atoms with van der Waals surface area (Å²) in [5.41, 5.74) is 10.6. The molecule has 1 aromatic heterocycles. The van der Waals surface area contributed by atoms with Crippen LogP contribution in [0.25, 0.3) is 0 Å². The van der Waals surface area contributed by atoms with Gasteiger partial charge in [-0.1, -0.05) is 29.3 Å². The van der Waals surface area contributed by atoms with Crippen LogP contribution in [0, 0.1) is 18.3 Å². The number of nitrogens with zero attached hydrogens (tertiary/aromatic N) is 2. The minimum absolute atomic E-state index is 0.244. The molecule has 0 atom stereocenters. The number of halogens is 2. The smallest absolute Gasteiger partial charge is 0.281 e. The third-order valence-corrected chi connectivity index (χ3v) is 6.24. The second-order valence-electron chi connectivity index (χ2n) is 6.77. The van der Waals surface area contributed by atoms with E-state index in [0.29, 0.717) is 54.7 Å². The zero-order valence-electron chi connectivity index (χ0n) is 17.8. The summed E-state index contributed by atoms with van der Waals surface area (Å²) in [5, 5.41) is 14.5. The predicted octanol–water partition coefficient (Wildman–Crippen LogP) is 5.56. The maximum absolute atomic E-state index is 12.4. The molecule has 0 unspecified atom stereocenters. The molecule has 0 bridgehead atoms. The Morgan fingerprint density at radius 3 is 2.70 bits per heavy atom. The van der Waals surface area contributed by atoms with E-state index in [-0.39, 0.29) is 6.61 Å². The van der Waals surface area contributed by atoms with Crippen molar-refractivity contribution in [2.45, 2.75) is 20.5 Å². The predicted molar refractivity (Wildman–Crippen MR) is 132 cm³/mol. The normalized spacial score (nSPS) is 10.8. The largest absolute Gasteiger partial charge is 0.490 e. The Kier molecular flexibility index (Phi) is 8.17. The Labute approximate surface area is 205 Å². The first-order valence-electron chi connectivity index (χ1n) is 9.80. The highest BCUT2D eigenvalue weighted by molar-refractivity contribution is 7.18. The van der Waals surface area contributed by atoms with Crippen molar-refractivity contribution in [2.24, 2.45) is 5.10 Å². The lowest BCUT2D eigenvalue weighted by Crippen LogP contribution is -2.17. The zero-order valence-corrected chi connectivity index (χ0v) is 20.1. The third kappa shape index (κ3) is 5.96. The Morgan fingerprint density at radius 2 is 2.03 bits per heavy atom. The number of anilines is 1. The summed E-state index contributed by atoms with van der Waals surface area (Å²) in [4.78, 5) is 12.7. The van der Waals surface area contributed by atoms with E-state index in [1.54, 1.807) is 43.3 Å². The van der Waals surface area contributed by atoms with Crippen LogP contribution in [0.4, 0.5) is 5.00 Å². The molecule has 0 aliphatic heterocycles. The minimum atomic E-state index is -0.438. The standard InChI is InChI=1S/C23H20Cl2N4O3S/c1-3-31-20-8-14(4-7-19(20)32-12-15-5-6-16(24)9-18(15)25)11-28-29-23(30)21-13(2)17(10-26)22(27)33-21/h4-9,11H,3,12,27H2,1-2H3,(H,29,30)/b28-11-. The van der Waals surface area contributed by atoms with Gasteiger partial charge in [0.25, 0.3) is 5.91 Å². The lowest BCUT2D eigenvalue weighted by Gasteiger charge is -2.13. The molecule has 0 saturated carbocycles. The number of thiophene rings is 1. The van der Waals surface area contributed by atoms with E-state index in [0.717, 1.165) is 16.9 Å². The molecule has 3 aromatic rings. The van der Waals surface area contributed by atoms with Gasteiger partial charge in [0.2, 0.25) is 0 Å². The summed E-state index contributed by atoms with van der Waals surface area (Å²) in [6.07, 6.45) is 1.48. The van der Waals surface area contributed by atoms with Gasteiger partial charge in [0.05, 0.1) is 18.4 Å². The highest BCUT2D eigenvalue weighted by atomic mass is 35.5. The molecule has 0 aliphatic rings. The van der Waals surface area contributed by atoms with Crippen LogP contribution < -0.4 is 20.6 Å². The van der Waals surface area contributed by atoms with E-state index in [4.69, 9.17) is 43.7 Å². The molecule has 1 heterocycles. The molecule has 10 heteroatoms. The average molecular weight is 503 g/mol. The van der Waals surface area contributed by atoms with Gasteiger partial charge >= 0.3 is 0 Å². The Hall–Kier alpha value is -3.25. The summed E-state index contributed by atoms with van der Waals surface area (Å²) in [5.74, 6) is 0.628. The molecular weight excluding hydrogens is 483 g/mol. The number of nitrogens with one attached hydrogen (secondary N) is 1. The number of amides is 1. The van der Waals surface area contributed by atoms with Crippen LogP contribution in [-0.2, 0) is 6.61 Å². The summed E-state index contributed by atoms with van der Waals surface area (Å²) in [6, 6.07) is 12.5. The van der Waals surface area contributed by atoms with Crippen molar-refractivity contribution in [3.05, 3.63) is 73.6 Å². The van der Waals surface area contributed by atoms with Crippen molar-refractivity contribution in [3.63, 3.8) is 0 Å². The molecule has 170 valence electrons. The number of benzene rings is 2. The van der Waals surface area contributed by atoms with Gasteiger partial charge in [0.1, 0.15) is 22.6 Å². The molecule has 33 heavy (non-hydrogen) atoms. The fourth-order valence-electron chi connectivity index (χ4n) is 2.89. The van der Waals surface area contributed by atoms with Gasteiger partial charge in [-0.3, -0.25) is 4.79 Å². The number of nitrogen functional groups attached to an aromatic ring is 1. The molecule has 7 nitrogen and oxygen atoms in total. The van der Waals surface area contributed by atoms with Crippen LogP contribution in [0.3, 0.4) is 0 Å². The molecule has 0 radical (unpaired) electrons. The number of nitriles is 1. The number of rotatable bonds is 8. The van der Waals surface area contributed by atoms with Crippen LogP contribution >= 0.6 is 34.5 Å². The monoisotopic (exact) mass is 502 g/mol. The first-order valence-corrected chi connectivity index (χ1v) is 11.4. The number of hydrogen-bond donors (Lipinski definition) is 2. The van der Waals surface area contributed by atoms with Crippen molar-refractivity contribution in [1.82, 2.24) is 5.43 Å². The van der Waals surface area contributed by atoms with Crippen LogP contribution in [-0.4, -0.2) is 18.7 Å². The minimum Gasteiger partial charge on any atom is -0.490 e. The van der Waals surface area contributed by atoms with E-state index in [1.807, 2.05) is 13.0 Å². The highest BCUT2D eigenvalue weighted by Crippen LogP contribution is 2.31. The van der Waals surface area contributed by atoms with E-state index in [9.17, 15) is 4.79 Å². The van der Waals surface area contributed by atoms with Crippen molar-refractivity contribution in [2.75, 3.05) is 12.3 Å². The van der Waals surface area contributed by atoms with Gasteiger partial charge in [-0.25, -0.2) is 5.43 Å². The zero-order chi connectivity index (χ0) is 24.0. The molecule has 1 amide bonds. The summed E-state index contributed by atoms with van der Waals surface area (Å²) >= 11 is 13.2. The van der Waals surface area contributed by atoms with Crippen molar-refractivity contribution in [3.8, 4) is 17.6 Å². The Morgan fingerprint density at radius 1 is 1.24 bits per heavy atom. The van der Waals surface area contributed by atoms with Gasteiger partial charge in [-0.2, -0.15) is 10.4 Å². The van der Waals surface area contributed by atoms with Crippen molar-refractivity contribution >= 4 is 51.7 Å². The Balaban J connectivity index is 1.70. The summed E-state index contributed by atoms with van der Waals surface area (Å²) in [6.45, 7) is 4.23. The molecule has 0 fully saturated rings. The van der Waals surface area contributed by atoms with E-state index < -0.39 is 5.91 Å². The van der Waals surface area contributed by atoms with Crippen LogP contribution in [0.5, 0.6) is 11.5 Å². The number of hydrazone groups is 1. The average Bonchev–Trinajstić information content (AvgIpc) is 3.07. The quantitative estimate of drug-likeness (QED) is 0.309. The topological polar surface area (TPSA) is 110 Å². The third-order valence-electron chi connectivity index (χ3n) is 4.54. The fraction of sp³-hybridized carbons (Fsp3) is 0.174. The van der Waals surface area contributed by atoms with Crippen LogP contribution in [0.1, 0.15) is 38.8 Å². The molecule has 3 N–H and O–H groups in total. The van der Waals surface area contributed by atoms with Gasteiger partial charge in [0.15, 0.2) is 11.5 Å². The van der Waals surface area contributed by atoms with Crippen LogP contribution in [0.2, 0.25) is 10.0 Å². The van der Waals surface area contributed by atoms with Gasteiger partial charge in [0, 0.05) is 15.6 Å². The van der Waals surface area contributed by atoms with Gasteiger partial charge < -0.3 is 15.2 Å². The van der Waals surface area contributed by atoms with Crippen molar-refractivity contribution in [1.29, 1.82) is 5.26 Å². The number of nitrogens with two attached hydrogens (primary N) is 1. The van der Waals surface area contributed by atoms with Gasteiger partial charge in [-0.05, 0) is 55.3 Å². The number of carbonyl (C=O) groups is 1. The van der Waals surface area contributed by atoms with Crippen molar-refractivity contribution < 1.29 is 14.3 Å². The maximum atomic E-state index is 12.4. The first-order chi connectivity index (χ1) is 15.8. The second-order valence-corrected chi connectivity index (χ2v) is 8.67. The fourth-order valence-corrected chi connectivity index (χ4v) is 4.27. The lowest BCUT2D eigenvalue weighted by molar-refractivity contribution is 0.0958. The molecule has 0 aliphatic carbocycles. The molecule has 0 spiro atoms.